The first kappa shape index (κ1) is 17.7. The summed E-state index contributed by atoms with van der Waals surface area (Å²) in [6.45, 7) is 7.80. The second-order valence-corrected chi connectivity index (χ2v) is 8.08. The van der Waals surface area contributed by atoms with Crippen LogP contribution < -0.4 is 16.8 Å². The number of thiophene rings is 1. The van der Waals surface area contributed by atoms with Crippen LogP contribution in [0.5, 0.6) is 0 Å². The fourth-order valence-electron chi connectivity index (χ4n) is 3.00. The lowest BCUT2D eigenvalue weighted by Gasteiger charge is -2.27. The SMILES string of the molecule is CC1(C)C=C(C(=O)C(N)=C(O)C(N)Cc2cccs2)C(C)(C)N1. The fraction of sp³-hybridized carbons (Fsp3) is 0.471. The first-order chi connectivity index (χ1) is 10.5. The number of carbonyl (C=O) groups excluding carboxylic acids is 1. The van der Waals surface area contributed by atoms with E-state index in [1.54, 1.807) is 11.3 Å². The standard InChI is InChI=1S/C17H25N3O2S/c1-16(2)9-11(17(3,4)20-16)14(21)13(19)15(22)12(18)8-10-6-5-7-23-10/h5-7,9,12,20,22H,8,18-19H2,1-4H3. The van der Waals surface area contributed by atoms with Gasteiger partial charge in [-0.2, -0.15) is 0 Å². The number of ketones is 1. The molecule has 2 heterocycles. The molecule has 1 aromatic heterocycles. The van der Waals surface area contributed by atoms with Gasteiger partial charge in [0.15, 0.2) is 0 Å². The Bertz CT molecular complexity index is 657. The normalized spacial score (nSPS) is 21.5. The van der Waals surface area contributed by atoms with Gasteiger partial charge in [-0.25, -0.2) is 0 Å². The lowest BCUT2D eigenvalue weighted by Crippen LogP contribution is -2.47. The molecule has 1 aliphatic rings. The molecule has 0 fully saturated rings. The highest BCUT2D eigenvalue weighted by molar-refractivity contribution is 7.09. The Labute approximate surface area is 141 Å². The maximum absolute atomic E-state index is 12.7. The first-order valence-corrected chi connectivity index (χ1v) is 8.45. The van der Waals surface area contributed by atoms with E-state index in [0.717, 1.165) is 4.88 Å². The summed E-state index contributed by atoms with van der Waals surface area (Å²) in [7, 11) is 0. The van der Waals surface area contributed by atoms with Crippen LogP contribution in [-0.4, -0.2) is 28.0 Å². The number of aliphatic hydroxyl groups excluding tert-OH is 1. The Kier molecular flexibility index (Phi) is 4.71. The summed E-state index contributed by atoms with van der Waals surface area (Å²) in [5, 5.41) is 15.6. The van der Waals surface area contributed by atoms with Gasteiger partial charge in [0, 0.05) is 27.9 Å². The van der Waals surface area contributed by atoms with Gasteiger partial charge < -0.3 is 16.6 Å². The molecule has 0 saturated carbocycles. The number of nitrogens with one attached hydrogen (secondary N) is 1. The van der Waals surface area contributed by atoms with Crippen LogP contribution in [0.1, 0.15) is 32.6 Å². The summed E-state index contributed by atoms with van der Waals surface area (Å²) in [5.41, 5.74) is 11.5. The van der Waals surface area contributed by atoms with E-state index in [9.17, 15) is 9.90 Å². The summed E-state index contributed by atoms with van der Waals surface area (Å²) in [6, 6.07) is 3.16. The molecular weight excluding hydrogens is 310 g/mol. The van der Waals surface area contributed by atoms with Gasteiger partial charge in [-0.3, -0.25) is 10.1 Å². The highest BCUT2D eigenvalue weighted by Gasteiger charge is 2.41. The summed E-state index contributed by atoms with van der Waals surface area (Å²) >= 11 is 1.55. The zero-order valence-electron chi connectivity index (χ0n) is 14.0. The van der Waals surface area contributed by atoms with Crippen LogP contribution in [0, 0.1) is 0 Å². The molecule has 0 saturated heterocycles. The monoisotopic (exact) mass is 335 g/mol. The van der Waals surface area contributed by atoms with Crippen LogP contribution >= 0.6 is 11.3 Å². The van der Waals surface area contributed by atoms with Gasteiger partial charge in [-0.1, -0.05) is 12.1 Å². The molecule has 0 aliphatic carbocycles. The Morgan fingerprint density at radius 1 is 1.39 bits per heavy atom. The zero-order chi connectivity index (χ0) is 17.4. The fourth-order valence-corrected chi connectivity index (χ4v) is 3.77. The molecular formula is C17H25N3O2S. The molecule has 5 nitrogen and oxygen atoms in total. The van der Waals surface area contributed by atoms with Crippen molar-refractivity contribution < 1.29 is 9.90 Å². The van der Waals surface area contributed by atoms with Gasteiger partial charge in [0.1, 0.15) is 11.5 Å². The lowest BCUT2D eigenvalue weighted by atomic mass is 9.91. The average molecular weight is 335 g/mol. The Hall–Kier alpha value is -1.63. The van der Waals surface area contributed by atoms with E-state index in [4.69, 9.17) is 11.5 Å². The van der Waals surface area contributed by atoms with Crippen LogP contribution in [-0.2, 0) is 11.2 Å². The summed E-state index contributed by atoms with van der Waals surface area (Å²) < 4.78 is 0. The minimum Gasteiger partial charge on any atom is -0.508 e. The third kappa shape index (κ3) is 3.83. The Morgan fingerprint density at radius 2 is 2.04 bits per heavy atom. The Balaban J connectivity index is 2.24. The smallest absolute Gasteiger partial charge is 0.209 e. The van der Waals surface area contributed by atoms with E-state index < -0.39 is 11.6 Å². The predicted molar refractivity (Wildman–Crippen MR) is 94.2 cm³/mol. The average Bonchev–Trinajstić information content (AvgIpc) is 3.01. The van der Waals surface area contributed by atoms with Gasteiger partial charge in [-0.15, -0.1) is 11.3 Å². The number of rotatable bonds is 5. The molecule has 0 radical (unpaired) electrons. The van der Waals surface area contributed by atoms with Crippen molar-refractivity contribution in [3.05, 3.63) is 45.5 Å². The van der Waals surface area contributed by atoms with Crippen LogP contribution in [0.4, 0.5) is 0 Å². The van der Waals surface area contributed by atoms with Gasteiger partial charge in [0.25, 0.3) is 0 Å². The van der Waals surface area contributed by atoms with Crippen molar-refractivity contribution in [1.82, 2.24) is 5.32 Å². The van der Waals surface area contributed by atoms with Gasteiger partial charge in [-0.05, 0) is 39.1 Å². The maximum atomic E-state index is 12.7. The molecule has 1 aliphatic heterocycles. The van der Waals surface area contributed by atoms with Crippen molar-refractivity contribution in [3.8, 4) is 0 Å². The van der Waals surface area contributed by atoms with Crippen LogP contribution in [0.3, 0.4) is 0 Å². The number of hydrogen-bond donors (Lipinski definition) is 4. The molecule has 6 heteroatoms. The number of Topliss-reactive ketones (excluding diaryl/α,β-unsaturated/α-hetero) is 1. The van der Waals surface area contributed by atoms with Gasteiger partial charge in [0.05, 0.1) is 6.04 Å². The van der Waals surface area contributed by atoms with Crippen molar-refractivity contribution in [3.63, 3.8) is 0 Å². The maximum Gasteiger partial charge on any atom is 0.209 e. The molecule has 0 bridgehead atoms. The van der Waals surface area contributed by atoms with E-state index in [-0.39, 0.29) is 22.8 Å². The van der Waals surface area contributed by atoms with E-state index in [2.05, 4.69) is 5.32 Å². The topological polar surface area (TPSA) is 101 Å². The zero-order valence-corrected chi connectivity index (χ0v) is 14.8. The first-order valence-electron chi connectivity index (χ1n) is 7.57. The third-order valence-corrected chi connectivity index (χ3v) is 4.83. The van der Waals surface area contributed by atoms with Crippen LogP contribution in [0.25, 0.3) is 0 Å². The number of nitrogens with two attached hydrogens (primary N) is 2. The van der Waals surface area contributed by atoms with E-state index >= 15 is 0 Å². The summed E-state index contributed by atoms with van der Waals surface area (Å²) in [5.74, 6) is -0.614. The molecule has 0 amide bonds. The molecule has 0 spiro atoms. The minimum absolute atomic E-state index is 0.173. The highest BCUT2D eigenvalue weighted by atomic mass is 32.1. The van der Waals surface area contributed by atoms with Gasteiger partial charge in [0.2, 0.25) is 5.78 Å². The molecule has 2 rings (SSSR count). The van der Waals surface area contributed by atoms with Crippen molar-refractivity contribution >= 4 is 17.1 Å². The second-order valence-electron chi connectivity index (χ2n) is 7.05. The second kappa shape index (κ2) is 6.11. The molecule has 0 aromatic carbocycles. The number of carbonyl (C=O) groups is 1. The molecule has 1 aromatic rings. The van der Waals surface area contributed by atoms with Crippen LogP contribution in [0.2, 0.25) is 0 Å². The number of aliphatic hydroxyl groups is 1. The van der Waals surface area contributed by atoms with Crippen LogP contribution in [0.15, 0.2) is 40.6 Å². The number of allylic oxidation sites excluding steroid dienone is 1. The van der Waals surface area contributed by atoms with Crippen molar-refractivity contribution in [2.24, 2.45) is 11.5 Å². The predicted octanol–water partition coefficient (Wildman–Crippen LogP) is 2.00. The lowest BCUT2D eigenvalue weighted by molar-refractivity contribution is -0.113. The van der Waals surface area contributed by atoms with Crippen molar-refractivity contribution in [2.75, 3.05) is 0 Å². The highest BCUT2D eigenvalue weighted by Crippen LogP contribution is 2.31. The van der Waals surface area contributed by atoms with Crippen molar-refractivity contribution in [2.45, 2.75) is 51.2 Å². The van der Waals surface area contributed by atoms with Gasteiger partial charge >= 0.3 is 0 Å². The van der Waals surface area contributed by atoms with E-state index in [1.807, 2.05) is 51.3 Å². The number of hydrogen-bond acceptors (Lipinski definition) is 6. The molecule has 126 valence electrons. The van der Waals surface area contributed by atoms with E-state index in [1.165, 1.54) is 0 Å². The Morgan fingerprint density at radius 3 is 2.52 bits per heavy atom. The summed E-state index contributed by atoms with van der Waals surface area (Å²) in [4.78, 5) is 13.7. The molecule has 1 atom stereocenters. The third-order valence-electron chi connectivity index (χ3n) is 3.93. The quantitative estimate of drug-likeness (QED) is 0.487. The van der Waals surface area contributed by atoms with E-state index in [0.29, 0.717) is 12.0 Å². The molecule has 1 unspecified atom stereocenters. The molecule has 23 heavy (non-hydrogen) atoms. The minimum atomic E-state index is -0.691. The largest absolute Gasteiger partial charge is 0.508 e. The summed E-state index contributed by atoms with van der Waals surface area (Å²) in [6.07, 6.45) is 2.31. The van der Waals surface area contributed by atoms with Crippen molar-refractivity contribution in [1.29, 1.82) is 0 Å². The molecule has 6 N–H and O–H groups in total.